The molecule has 4 nitrogen and oxygen atoms in total. The summed E-state index contributed by atoms with van der Waals surface area (Å²) >= 11 is 6.00. The van der Waals surface area contributed by atoms with Crippen LogP contribution in [-0.4, -0.2) is 24.7 Å². The largest absolute Gasteiger partial charge is 0.478 e. The van der Waals surface area contributed by atoms with Crippen molar-refractivity contribution < 1.29 is 14.6 Å². The van der Waals surface area contributed by atoms with Crippen molar-refractivity contribution in [3.63, 3.8) is 0 Å². The van der Waals surface area contributed by atoms with Crippen LogP contribution in [0.25, 0.3) is 0 Å². The van der Waals surface area contributed by atoms with Gasteiger partial charge >= 0.3 is 5.97 Å². The molecular weight excluding hydrogens is 386 g/mol. The summed E-state index contributed by atoms with van der Waals surface area (Å²) < 4.78 is 5.78. The lowest BCUT2D eigenvalue weighted by molar-refractivity contribution is -0.145. The second-order valence-corrected chi connectivity index (χ2v) is 7.72. The lowest BCUT2D eigenvalue weighted by Crippen LogP contribution is -2.27. The summed E-state index contributed by atoms with van der Waals surface area (Å²) in [5.41, 5.74) is 4.29. The Hall–Kier alpha value is -2.98. The van der Waals surface area contributed by atoms with E-state index in [1.807, 2.05) is 24.3 Å². The maximum atomic E-state index is 11.7. The highest BCUT2D eigenvalue weighted by Gasteiger charge is 2.25. The molecule has 0 spiro atoms. The zero-order chi connectivity index (χ0) is 20.4. The topological polar surface area (TPSA) is 49.8 Å². The maximum absolute atomic E-state index is 11.7. The van der Waals surface area contributed by atoms with Crippen LogP contribution in [0.4, 0.5) is 5.69 Å². The molecule has 1 heterocycles. The lowest BCUT2D eigenvalue weighted by atomic mass is 9.84. The van der Waals surface area contributed by atoms with Crippen molar-refractivity contribution in [3.05, 3.63) is 94.5 Å². The number of aliphatic carboxylic acids is 1. The molecule has 3 aromatic carbocycles. The van der Waals surface area contributed by atoms with E-state index in [0.717, 1.165) is 13.0 Å². The number of ether oxygens (including phenoxy) is 1. The molecule has 5 heteroatoms. The van der Waals surface area contributed by atoms with E-state index in [1.54, 1.807) is 24.3 Å². The molecule has 4 rings (SSSR count). The second kappa shape index (κ2) is 8.18. The first-order valence-electron chi connectivity index (χ1n) is 9.58. The molecule has 0 radical (unpaired) electrons. The average Bonchev–Trinajstić information content (AvgIpc) is 2.73. The molecule has 1 N–H and O–H groups in total. The summed E-state index contributed by atoms with van der Waals surface area (Å²) in [5, 5.41) is 10.1. The fourth-order valence-electron chi connectivity index (χ4n) is 3.92. The molecule has 0 saturated carbocycles. The van der Waals surface area contributed by atoms with Crippen LogP contribution < -0.4 is 9.64 Å². The van der Waals surface area contributed by atoms with Gasteiger partial charge in [0.05, 0.1) is 0 Å². The zero-order valence-corrected chi connectivity index (χ0v) is 16.8. The monoisotopic (exact) mass is 407 g/mol. The SMILES string of the molecule is CN1CCC(c2ccc(OC(C(=O)O)c3cccc(Cl)c3)cc2)c2ccccc21. The molecule has 2 unspecified atom stereocenters. The highest BCUT2D eigenvalue weighted by molar-refractivity contribution is 6.30. The van der Waals surface area contributed by atoms with Gasteiger partial charge in [-0.25, -0.2) is 4.79 Å². The standard InChI is InChI=1S/C24H22ClNO3/c1-26-14-13-20(21-7-2-3-8-22(21)26)16-9-11-19(12-10-16)29-23(24(27)28)17-5-4-6-18(25)15-17/h2-12,15,20,23H,13-14H2,1H3,(H,27,28). The molecule has 1 aliphatic heterocycles. The molecule has 0 fully saturated rings. The van der Waals surface area contributed by atoms with Crippen LogP contribution >= 0.6 is 11.6 Å². The summed E-state index contributed by atoms with van der Waals surface area (Å²) in [6.07, 6.45) is -0.0721. The van der Waals surface area contributed by atoms with Crippen LogP contribution in [0.15, 0.2) is 72.8 Å². The van der Waals surface area contributed by atoms with Gasteiger partial charge in [0, 0.05) is 35.8 Å². The van der Waals surface area contributed by atoms with Crippen LogP contribution in [0.2, 0.25) is 5.02 Å². The third-order valence-electron chi connectivity index (χ3n) is 5.39. The summed E-state index contributed by atoms with van der Waals surface area (Å²) in [7, 11) is 2.12. The third kappa shape index (κ3) is 4.08. The number of nitrogens with zero attached hydrogens (tertiary/aromatic N) is 1. The Morgan fingerprint density at radius 2 is 1.86 bits per heavy atom. The predicted molar refractivity (Wildman–Crippen MR) is 115 cm³/mol. The fraction of sp³-hybridized carbons (Fsp3) is 0.208. The first-order chi connectivity index (χ1) is 14.0. The molecule has 0 bridgehead atoms. The molecule has 0 aliphatic carbocycles. The molecular formula is C24H22ClNO3. The quantitative estimate of drug-likeness (QED) is 0.605. The number of carboxylic acid groups (broad SMARTS) is 1. The minimum absolute atomic E-state index is 0.319. The summed E-state index contributed by atoms with van der Waals surface area (Å²) in [6.45, 7) is 0.996. The van der Waals surface area contributed by atoms with Crippen molar-refractivity contribution in [1.82, 2.24) is 0 Å². The molecule has 0 aromatic heterocycles. The van der Waals surface area contributed by atoms with Gasteiger partial charge in [-0.15, -0.1) is 0 Å². The summed E-state index contributed by atoms with van der Waals surface area (Å²) in [6, 6.07) is 23.0. The first kappa shape index (κ1) is 19.3. The number of hydrogen-bond donors (Lipinski definition) is 1. The number of rotatable bonds is 5. The van der Waals surface area contributed by atoms with Gasteiger partial charge in [0.25, 0.3) is 0 Å². The van der Waals surface area contributed by atoms with E-state index >= 15 is 0 Å². The normalized spacial score (nSPS) is 16.8. The number of carboxylic acids is 1. The van der Waals surface area contributed by atoms with Crippen molar-refractivity contribution in [2.24, 2.45) is 0 Å². The molecule has 148 valence electrons. The van der Waals surface area contributed by atoms with Crippen LogP contribution in [0.5, 0.6) is 5.75 Å². The van der Waals surface area contributed by atoms with Gasteiger partial charge in [0.1, 0.15) is 5.75 Å². The van der Waals surface area contributed by atoms with E-state index in [9.17, 15) is 9.90 Å². The Labute approximate surface area is 175 Å². The Balaban J connectivity index is 1.57. The molecule has 1 aliphatic rings. The highest BCUT2D eigenvalue weighted by Crippen LogP contribution is 2.39. The lowest BCUT2D eigenvalue weighted by Gasteiger charge is -2.33. The van der Waals surface area contributed by atoms with Gasteiger partial charge in [-0.3, -0.25) is 0 Å². The molecule has 0 saturated heterocycles. The van der Waals surface area contributed by atoms with Crippen LogP contribution in [0, 0.1) is 0 Å². The second-order valence-electron chi connectivity index (χ2n) is 7.28. The van der Waals surface area contributed by atoms with E-state index in [-0.39, 0.29) is 0 Å². The van der Waals surface area contributed by atoms with Gasteiger partial charge in [0.15, 0.2) is 0 Å². The van der Waals surface area contributed by atoms with Gasteiger partial charge in [0.2, 0.25) is 6.10 Å². The Morgan fingerprint density at radius 3 is 2.59 bits per heavy atom. The highest BCUT2D eigenvalue weighted by atomic mass is 35.5. The number of benzene rings is 3. The summed E-state index contributed by atoms with van der Waals surface area (Å²) in [4.78, 5) is 14.0. The van der Waals surface area contributed by atoms with E-state index in [4.69, 9.17) is 16.3 Å². The van der Waals surface area contributed by atoms with E-state index in [1.165, 1.54) is 16.8 Å². The van der Waals surface area contributed by atoms with Crippen molar-refractivity contribution in [3.8, 4) is 5.75 Å². The molecule has 2 atom stereocenters. The minimum atomic E-state index is -1.11. The predicted octanol–water partition coefficient (Wildman–Crippen LogP) is 5.52. The first-order valence-corrected chi connectivity index (χ1v) is 9.95. The van der Waals surface area contributed by atoms with Gasteiger partial charge in [-0.2, -0.15) is 0 Å². The van der Waals surface area contributed by atoms with Crippen LogP contribution in [-0.2, 0) is 4.79 Å². The summed E-state index contributed by atoms with van der Waals surface area (Å²) in [5.74, 6) is -0.220. The van der Waals surface area contributed by atoms with Crippen LogP contribution in [0.3, 0.4) is 0 Å². The third-order valence-corrected chi connectivity index (χ3v) is 5.62. The van der Waals surface area contributed by atoms with Gasteiger partial charge in [-0.1, -0.05) is 54.1 Å². The van der Waals surface area contributed by atoms with Crippen molar-refractivity contribution in [2.45, 2.75) is 18.4 Å². The fourth-order valence-corrected chi connectivity index (χ4v) is 4.12. The number of halogens is 1. The number of para-hydroxylation sites is 1. The molecule has 29 heavy (non-hydrogen) atoms. The van der Waals surface area contributed by atoms with Crippen molar-refractivity contribution >= 4 is 23.3 Å². The number of fused-ring (bicyclic) bond motifs is 1. The zero-order valence-electron chi connectivity index (χ0n) is 16.1. The van der Waals surface area contributed by atoms with Gasteiger partial charge < -0.3 is 14.7 Å². The van der Waals surface area contributed by atoms with E-state index < -0.39 is 12.1 Å². The Kier molecular flexibility index (Phi) is 5.45. The smallest absolute Gasteiger partial charge is 0.349 e. The maximum Gasteiger partial charge on any atom is 0.349 e. The average molecular weight is 408 g/mol. The van der Waals surface area contributed by atoms with Crippen molar-refractivity contribution in [2.75, 3.05) is 18.5 Å². The Bertz CT molecular complexity index is 1020. The van der Waals surface area contributed by atoms with E-state index in [2.05, 4.69) is 36.2 Å². The number of anilines is 1. The van der Waals surface area contributed by atoms with Gasteiger partial charge in [-0.05, 0) is 47.9 Å². The Morgan fingerprint density at radius 1 is 1.10 bits per heavy atom. The molecule has 3 aromatic rings. The van der Waals surface area contributed by atoms with Crippen LogP contribution in [0.1, 0.15) is 35.1 Å². The number of hydrogen-bond acceptors (Lipinski definition) is 3. The molecule has 0 amide bonds. The number of carbonyl (C=O) groups is 1. The minimum Gasteiger partial charge on any atom is -0.478 e. The van der Waals surface area contributed by atoms with Crippen molar-refractivity contribution in [1.29, 1.82) is 0 Å². The van der Waals surface area contributed by atoms with E-state index in [0.29, 0.717) is 22.3 Å².